The number of thiocarbonyl (C=S) groups is 2. The highest BCUT2D eigenvalue weighted by atomic mass is 32.2. The van der Waals surface area contributed by atoms with Crippen LogP contribution < -0.4 is 44.0 Å². The van der Waals surface area contributed by atoms with Crippen molar-refractivity contribution in [2.75, 3.05) is 33.2 Å². The maximum absolute atomic E-state index is 13.1. The summed E-state index contributed by atoms with van der Waals surface area (Å²) in [4.78, 5) is 0.196. The number of nitrogen functional groups attached to an aromatic ring is 2. The minimum atomic E-state index is -3.78. The van der Waals surface area contributed by atoms with E-state index in [1.807, 2.05) is 0 Å². The molecule has 0 bridgehead atoms. The summed E-state index contributed by atoms with van der Waals surface area (Å²) in [5.41, 5.74) is 11.9. The van der Waals surface area contributed by atoms with Crippen molar-refractivity contribution in [1.29, 1.82) is 0 Å². The van der Waals surface area contributed by atoms with Crippen molar-refractivity contribution in [3.8, 4) is 0 Å². The fourth-order valence-electron chi connectivity index (χ4n) is 2.91. The van der Waals surface area contributed by atoms with Crippen molar-refractivity contribution >= 4 is 92.2 Å². The predicted molar refractivity (Wildman–Crippen MR) is 159 cm³/mol. The number of nitrogens with zero attached hydrogens (tertiary/aromatic N) is 4. The van der Waals surface area contributed by atoms with Gasteiger partial charge in [-0.15, -0.1) is 10.2 Å². The topological polar surface area (TPSA) is 226 Å². The minimum absolute atomic E-state index is 0.0982. The highest BCUT2D eigenvalue weighted by Gasteiger charge is 2.18. The molecule has 0 fully saturated rings. The molecule has 0 radical (unpaired) electrons. The van der Waals surface area contributed by atoms with Crippen molar-refractivity contribution in [3.05, 3.63) is 58.1 Å². The van der Waals surface area contributed by atoms with Gasteiger partial charge in [-0.3, -0.25) is 21.7 Å². The summed E-state index contributed by atoms with van der Waals surface area (Å²) in [6.45, 7) is 0. The van der Waals surface area contributed by atoms with Gasteiger partial charge in [-0.25, -0.2) is 18.6 Å². The Labute approximate surface area is 241 Å². The average Bonchev–Trinajstić information content (AvgIpc) is 3.41. The summed E-state index contributed by atoms with van der Waals surface area (Å²) >= 11 is 20.2. The van der Waals surface area contributed by atoms with Crippen LogP contribution in [0.4, 0.5) is 23.3 Å². The summed E-state index contributed by atoms with van der Waals surface area (Å²) in [7, 11) is -3.78. The number of anilines is 4. The Morgan fingerprint density at radius 2 is 1.08 bits per heavy atom. The van der Waals surface area contributed by atoms with Gasteiger partial charge in [-0.05, 0) is 97.4 Å². The molecular weight excluding hydrogens is 605 g/mol. The summed E-state index contributed by atoms with van der Waals surface area (Å²) in [5, 5.41) is 18.9. The van der Waals surface area contributed by atoms with E-state index in [1.165, 1.54) is 24.3 Å². The molecule has 0 amide bonds. The molecule has 0 aliphatic rings. The highest BCUT2D eigenvalue weighted by molar-refractivity contribution is 7.91. The van der Waals surface area contributed by atoms with Gasteiger partial charge in [-0.1, -0.05) is 0 Å². The number of nitrogens with one attached hydrogen (secondary N) is 8. The first kappa shape index (κ1) is 27.7. The van der Waals surface area contributed by atoms with E-state index in [9.17, 15) is 8.42 Å². The summed E-state index contributed by atoms with van der Waals surface area (Å²) in [6, 6.07) is 12.1. The lowest BCUT2D eigenvalue weighted by Crippen LogP contribution is -2.35. The molecule has 4 rings (SSSR count). The van der Waals surface area contributed by atoms with Crippen LogP contribution in [0.25, 0.3) is 0 Å². The van der Waals surface area contributed by atoms with Gasteiger partial charge < -0.3 is 22.3 Å². The molecule has 0 unspecified atom stereocenters. The molecule has 0 saturated heterocycles. The van der Waals surface area contributed by atoms with E-state index in [0.29, 0.717) is 11.4 Å². The standard InChI is InChI=1S/C18H20N14O2S5/c19-31-13(25-29-17(31)37)23-27-15(35)21-9-1-5-11(6-2-9)39(33,34)12-7-3-10(4-8-12)22-16(36)28-24-14-26-30-18(38)32(14)20/h1-8H,19-20H2,(H,23,25)(H,24,26)(H,29,37)(H,30,38)(H2,21,27,35)(H2,22,28,36). The van der Waals surface area contributed by atoms with Crippen LogP contribution in [0.2, 0.25) is 0 Å². The normalized spacial score (nSPS) is 10.9. The third-order valence-electron chi connectivity index (χ3n) is 4.83. The summed E-state index contributed by atoms with van der Waals surface area (Å²) < 4.78 is 28.8. The number of rotatable bonds is 8. The van der Waals surface area contributed by atoms with Gasteiger partial charge in [0.05, 0.1) is 9.79 Å². The molecule has 21 heteroatoms. The number of H-pyrrole nitrogens is 2. The number of hydrazine groups is 2. The zero-order valence-electron chi connectivity index (χ0n) is 19.4. The number of hydrogen-bond acceptors (Lipinski definition) is 12. The Morgan fingerprint density at radius 1 is 0.718 bits per heavy atom. The minimum Gasteiger partial charge on any atom is -0.334 e. The number of hydrogen-bond donors (Lipinski definition) is 10. The van der Waals surface area contributed by atoms with Crippen LogP contribution in [0.15, 0.2) is 58.3 Å². The predicted octanol–water partition coefficient (Wildman–Crippen LogP) is 1.08. The lowest BCUT2D eigenvalue weighted by molar-refractivity contribution is 0.596. The fourth-order valence-corrected chi connectivity index (χ4v) is 4.77. The molecule has 16 nitrogen and oxygen atoms in total. The van der Waals surface area contributed by atoms with Gasteiger partial charge in [0, 0.05) is 11.4 Å². The van der Waals surface area contributed by atoms with Crippen molar-refractivity contribution in [2.45, 2.75) is 9.79 Å². The van der Waals surface area contributed by atoms with Gasteiger partial charge in [0.25, 0.3) is 11.9 Å². The molecule has 0 aliphatic carbocycles. The Hall–Kier alpha value is -4.31. The van der Waals surface area contributed by atoms with Crippen molar-refractivity contribution < 1.29 is 8.42 Å². The highest BCUT2D eigenvalue weighted by Crippen LogP contribution is 2.24. The fraction of sp³-hybridized carbons (Fsp3) is 0. The molecule has 0 saturated carbocycles. The first-order chi connectivity index (χ1) is 18.5. The molecule has 39 heavy (non-hydrogen) atoms. The number of aromatic amines is 2. The molecule has 204 valence electrons. The van der Waals surface area contributed by atoms with Crippen LogP contribution in [-0.2, 0) is 9.84 Å². The van der Waals surface area contributed by atoms with Crippen LogP contribution in [0.5, 0.6) is 0 Å². The molecule has 0 atom stereocenters. The van der Waals surface area contributed by atoms with Crippen LogP contribution in [0.3, 0.4) is 0 Å². The number of sulfone groups is 1. The molecule has 2 heterocycles. The van der Waals surface area contributed by atoms with E-state index in [0.717, 1.165) is 9.35 Å². The Morgan fingerprint density at radius 3 is 1.38 bits per heavy atom. The number of aromatic nitrogens is 6. The van der Waals surface area contributed by atoms with E-state index in [-0.39, 0.29) is 41.5 Å². The van der Waals surface area contributed by atoms with Crippen molar-refractivity contribution in [3.63, 3.8) is 0 Å². The molecule has 4 aromatic rings. The Kier molecular flexibility index (Phi) is 8.25. The second-order valence-corrected chi connectivity index (χ2v) is 10.9. The molecule has 0 aliphatic heterocycles. The van der Waals surface area contributed by atoms with Crippen LogP contribution >= 0.6 is 48.9 Å². The van der Waals surface area contributed by atoms with Crippen LogP contribution in [0, 0.1) is 9.54 Å². The lowest BCUT2D eigenvalue weighted by Gasteiger charge is -2.13. The van der Waals surface area contributed by atoms with E-state index in [1.54, 1.807) is 24.3 Å². The SMILES string of the molecule is Nn1c(NNC(=S)Nc2ccc(S(=O)(=O)c3ccc(NC(=S)NNc4n[nH]c(=S)n4N)cc3)cc2)n[nH]c1=S. The van der Waals surface area contributed by atoms with Gasteiger partial charge in [0.15, 0.2) is 10.2 Å². The summed E-state index contributed by atoms with van der Waals surface area (Å²) in [6.07, 6.45) is 0. The van der Waals surface area contributed by atoms with E-state index in [2.05, 4.69) is 52.7 Å². The van der Waals surface area contributed by atoms with Crippen LogP contribution in [0.1, 0.15) is 0 Å². The zero-order chi connectivity index (χ0) is 28.2. The largest absolute Gasteiger partial charge is 0.334 e. The summed E-state index contributed by atoms with van der Waals surface area (Å²) in [5.74, 6) is 11.8. The van der Waals surface area contributed by atoms with E-state index >= 15 is 0 Å². The third kappa shape index (κ3) is 6.58. The second-order valence-electron chi connectivity index (χ2n) is 7.41. The van der Waals surface area contributed by atoms with Gasteiger partial charge >= 0.3 is 0 Å². The first-order valence-corrected chi connectivity index (χ1v) is 13.6. The molecule has 2 aromatic carbocycles. The van der Waals surface area contributed by atoms with E-state index < -0.39 is 9.84 Å². The third-order valence-corrected chi connectivity index (χ3v) is 7.60. The van der Waals surface area contributed by atoms with Crippen LogP contribution in [-0.4, -0.2) is 48.4 Å². The Bertz CT molecular complexity index is 1600. The smallest absolute Gasteiger partial charge is 0.260 e. The maximum Gasteiger partial charge on any atom is 0.260 e. The second kappa shape index (κ2) is 11.6. The number of benzene rings is 2. The van der Waals surface area contributed by atoms with Crippen molar-refractivity contribution in [1.82, 2.24) is 40.6 Å². The zero-order valence-corrected chi connectivity index (χ0v) is 23.5. The Balaban J connectivity index is 1.32. The molecule has 2 aromatic heterocycles. The van der Waals surface area contributed by atoms with Gasteiger partial charge in [0.2, 0.25) is 19.4 Å². The molecular formula is C18H20N14O2S5. The van der Waals surface area contributed by atoms with E-state index in [4.69, 9.17) is 60.6 Å². The quantitative estimate of drug-likeness (QED) is 0.0752. The average molecular weight is 625 g/mol. The lowest BCUT2D eigenvalue weighted by atomic mass is 10.3. The first-order valence-electron chi connectivity index (χ1n) is 10.5. The monoisotopic (exact) mass is 624 g/mol. The van der Waals surface area contributed by atoms with Crippen molar-refractivity contribution in [2.24, 2.45) is 0 Å². The van der Waals surface area contributed by atoms with Gasteiger partial charge in [-0.2, -0.15) is 9.35 Å². The van der Waals surface area contributed by atoms with Gasteiger partial charge in [0.1, 0.15) is 0 Å². The molecule has 12 N–H and O–H groups in total. The maximum atomic E-state index is 13.1. The molecule has 0 spiro atoms. The number of nitrogens with two attached hydrogens (primary N) is 2.